The Balaban J connectivity index is 1.43. The van der Waals surface area contributed by atoms with Crippen LogP contribution in [0.3, 0.4) is 0 Å². The van der Waals surface area contributed by atoms with Gasteiger partial charge in [0.2, 0.25) is 11.8 Å². The number of aromatic nitrogens is 2. The fraction of sp³-hybridized carbons (Fsp3) is 0.147. The second-order valence-corrected chi connectivity index (χ2v) is 9.72. The lowest BCUT2D eigenvalue weighted by Gasteiger charge is -2.27. The van der Waals surface area contributed by atoms with Crippen molar-refractivity contribution >= 4 is 17.6 Å². The molecule has 0 saturated carbocycles. The third-order valence-electron chi connectivity index (χ3n) is 6.84. The fourth-order valence-corrected chi connectivity index (χ4v) is 4.77. The van der Waals surface area contributed by atoms with Gasteiger partial charge in [-0.1, -0.05) is 91.0 Å². The molecule has 0 unspecified atom stereocenters. The van der Waals surface area contributed by atoms with Crippen molar-refractivity contribution in [2.45, 2.75) is 5.92 Å². The van der Waals surface area contributed by atoms with Gasteiger partial charge in [-0.25, -0.2) is 9.07 Å². The van der Waals surface area contributed by atoms with Crippen molar-refractivity contribution in [2.24, 2.45) is 0 Å². The molecule has 2 amide bonds. The van der Waals surface area contributed by atoms with Crippen LogP contribution >= 0.6 is 0 Å². The number of carbonyl (C=O) groups is 2. The van der Waals surface area contributed by atoms with Crippen LogP contribution < -0.4 is 5.32 Å². The van der Waals surface area contributed by atoms with E-state index < -0.39 is 11.8 Å². The largest absolute Gasteiger partial charge is 0.383 e. The summed E-state index contributed by atoms with van der Waals surface area (Å²) in [5.41, 5.74) is 3.74. The molecule has 0 aliphatic heterocycles. The highest BCUT2D eigenvalue weighted by molar-refractivity contribution is 5.96. The third-order valence-corrected chi connectivity index (χ3v) is 6.84. The van der Waals surface area contributed by atoms with Gasteiger partial charge in [0.25, 0.3) is 0 Å². The number of nitrogens with one attached hydrogen (secondary N) is 1. The number of hydrogen-bond donors (Lipinski definition) is 1. The summed E-state index contributed by atoms with van der Waals surface area (Å²) in [6.07, 6.45) is 0. The molecule has 0 aliphatic carbocycles. The number of anilines is 1. The molecule has 0 aliphatic rings. The van der Waals surface area contributed by atoms with Gasteiger partial charge in [-0.05, 0) is 35.4 Å². The molecule has 212 valence electrons. The fourth-order valence-electron chi connectivity index (χ4n) is 4.77. The van der Waals surface area contributed by atoms with Crippen molar-refractivity contribution in [3.63, 3.8) is 0 Å². The van der Waals surface area contributed by atoms with Gasteiger partial charge in [-0.15, -0.1) is 0 Å². The molecule has 7 nitrogen and oxygen atoms in total. The maximum atomic E-state index is 14.1. The van der Waals surface area contributed by atoms with E-state index in [0.717, 1.165) is 16.7 Å². The molecular formula is C34H31FN4O3. The Bertz CT molecular complexity index is 1570. The van der Waals surface area contributed by atoms with E-state index in [-0.39, 0.29) is 31.4 Å². The van der Waals surface area contributed by atoms with Crippen molar-refractivity contribution in [2.75, 3.05) is 32.1 Å². The second kappa shape index (κ2) is 13.5. The number of carbonyl (C=O) groups excluding carboxylic acids is 2. The highest BCUT2D eigenvalue weighted by Crippen LogP contribution is 2.28. The topological polar surface area (TPSA) is 76.5 Å². The zero-order valence-electron chi connectivity index (χ0n) is 23.2. The molecular weight excluding hydrogens is 531 g/mol. The molecule has 0 saturated heterocycles. The van der Waals surface area contributed by atoms with Gasteiger partial charge in [0.1, 0.15) is 18.2 Å². The first-order valence-electron chi connectivity index (χ1n) is 13.6. The average molecular weight is 563 g/mol. The van der Waals surface area contributed by atoms with Crippen molar-refractivity contribution in [3.8, 4) is 16.9 Å². The van der Waals surface area contributed by atoms with Crippen molar-refractivity contribution < 1.29 is 18.7 Å². The summed E-state index contributed by atoms with van der Waals surface area (Å²) < 4.78 is 20.5. The number of rotatable bonds is 11. The number of methoxy groups -OCH3 is 1. The van der Waals surface area contributed by atoms with Crippen molar-refractivity contribution in [1.29, 1.82) is 0 Å². The van der Waals surface area contributed by atoms with Gasteiger partial charge in [0.15, 0.2) is 0 Å². The number of hydrogen-bond acceptors (Lipinski definition) is 4. The molecule has 4 aromatic carbocycles. The number of ether oxygens (including phenoxy) is 1. The second-order valence-electron chi connectivity index (χ2n) is 9.72. The Kier molecular flexibility index (Phi) is 9.16. The van der Waals surface area contributed by atoms with Gasteiger partial charge < -0.3 is 15.0 Å². The molecule has 8 heteroatoms. The lowest BCUT2D eigenvalue weighted by Crippen LogP contribution is -2.42. The molecule has 42 heavy (non-hydrogen) atoms. The maximum absolute atomic E-state index is 14.1. The van der Waals surface area contributed by atoms with Gasteiger partial charge >= 0.3 is 0 Å². The van der Waals surface area contributed by atoms with Crippen LogP contribution in [0.25, 0.3) is 16.9 Å². The van der Waals surface area contributed by atoms with Crippen LogP contribution in [0.5, 0.6) is 0 Å². The minimum absolute atomic E-state index is 0.201. The van der Waals surface area contributed by atoms with Crippen LogP contribution in [-0.4, -0.2) is 53.3 Å². The number of halogens is 1. The monoisotopic (exact) mass is 562 g/mol. The molecule has 0 atom stereocenters. The molecule has 5 aromatic rings. The first-order chi connectivity index (χ1) is 20.5. The molecule has 0 radical (unpaired) electrons. The van der Waals surface area contributed by atoms with Gasteiger partial charge in [0, 0.05) is 25.3 Å². The van der Waals surface area contributed by atoms with Crippen LogP contribution in [0.4, 0.5) is 10.2 Å². The van der Waals surface area contributed by atoms with Crippen LogP contribution in [0.1, 0.15) is 17.0 Å². The Hall–Kier alpha value is -5.08. The minimum Gasteiger partial charge on any atom is -0.383 e. The molecule has 0 spiro atoms. The number of nitrogens with zero attached hydrogens (tertiary/aromatic N) is 3. The summed E-state index contributed by atoms with van der Waals surface area (Å²) in [6, 6.07) is 36.2. The molecule has 0 bridgehead atoms. The normalized spacial score (nSPS) is 10.9. The molecule has 1 heterocycles. The lowest BCUT2D eigenvalue weighted by atomic mass is 9.90. The highest BCUT2D eigenvalue weighted by atomic mass is 19.1. The Morgan fingerprint density at radius 3 is 2.00 bits per heavy atom. The number of amides is 2. The van der Waals surface area contributed by atoms with Gasteiger partial charge in [-0.2, -0.15) is 5.10 Å². The van der Waals surface area contributed by atoms with Gasteiger partial charge in [-0.3, -0.25) is 9.59 Å². The van der Waals surface area contributed by atoms with E-state index in [1.54, 1.807) is 30.0 Å². The van der Waals surface area contributed by atoms with E-state index in [4.69, 9.17) is 4.74 Å². The van der Waals surface area contributed by atoms with Crippen LogP contribution in [0.2, 0.25) is 0 Å². The summed E-state index contributed by atoms with van der Waals surface area (Å²) in [5, 5.41) is 7.61. The summed E-state index contributed by atoms with van der Waals surface area (Å²) in [6.45, 7) is 0.292. The first kappa shape index (κ1) is 28.4. The maximum Gasteiger partial charge on any atom is 0.245 e. The van der Waals surface area contributed by atoms with E-state index in [0.29, 0.717) is 17.2 Å². The van der Waals surface area contributed by atoms with E-state index in [2.05, 4.69) is 10.4 Å². The smallest absolute Gasteiger partial charge is 0.245 e. The molecule has 0 fully saturated rings. The molecule has 5 rings (SSSR count). The lowest BCUT2D eigenvalue weighted by molar-refractivity contribution is -0.135. The van der Waals surface area contributed by atoms with E-state index in [1.807, 2.05) is 91.0 Å². The summed E-state index contributed by atoms with van der Waals surface area (Å²) in [5.74, 6) is -1.18. The highest BCUT2D eigenvalue weighted by Gasteiger charge is 2.29. The predicted molar refractivity (Wildman–Crippen MR) is 161 cm³/mol. The Morgan fingerprint density at radius 2 is 1.43 bits per heavy atom. The Labute approximate surface area is 244 Å². The zero-order chi connectivity index (χ0) is 29.3. The van der Waals surface area contributed by atoms with E-state index in [9.17, 15) is 14.0 Å². The third kappa shape index (κ3) is 6.79. The van der Waals surface area contributed by atoms with E-state index in [1.165, 1.54) is 17.0 Å². The first-order valence-corrected chi connectivity index (χ1v) is 13.6. The summed E-state index contributed by atoms with van der Waals surface area (Å²) in [4.78, 5) is 29.1. The van der Waals surface area contributed by atoms with Crippen molar-refractivity contribution in [3.05, 3.63) is 138 Å². The molecule has 1 aromatic heterocycles. The van der Waals surface area contributed by atoms with Crippen molar-refractivity contribution in [1.82, 2.24) is 14.7 Å². The minimum atomic E-state index is -0.591. The summed E-state index contributed by atoms with van der Waals surface area (Å²) >= 11 is 0. The quantitative estimate of drug-likeness (QED) is 0.217. The van der Waals surface area contributed by atoms with Crippen LogP contribution in [0.15, 0.2) is 121 Å². The average Bonchev–Trinajstić information content (AvgIpc) is 3.44. The zero-order valence-corrected chi connectivity index (χ0v) is 23.2. The standard InChI is InChI=1S/C34H31FN4O3/c1-42-22-21-38(34(41)33(26-13-7-3-8-14-26)27-15-9-4-10-16-27)24-32(40)36-31-23-30(25-11-5-2-6-12-25)37-39(31)29-19-17-28(35)18-20-29/h2-20,23,33H,21-22,24H2,1H3,(H,36,40). The van der Waals surface area contributed by atoms with Crippen LogP contribution in [-0.2, 0) is 14.3 Å². The van der Waals surface area contributed by atoms with Gasteiger partial charge in [0.05, 0.1) is 23.9 Å². The Morgan fingerprint density at radius 1 is 0.857 bits per heavy atom. The number of benzene rings is 4. The van der Waals surface area contributed by atoms with E-state index >= 15 is 0 Å². The predicted octanol–water partition coefficient (Wildman–Crippen LogP) is 5.92. The van der Waals surface area contributed by atoms with Crippen LogP contribution in [0, 0.1) is 5.82 Å². The SMILES string of the molecule is COCCN(CC(=O)Nc1cc(-c2ccccc2)nn1-c1ccc(F)cc1)C(=O)C(c1ccccc1)c1ccccc1. The summed E-state index contributed by atoms with van der Waals surface area (Å²) in [7, 11) is 1.56. The molecule has 1 N–H and O–H groups in total.